The molecule has 2 heterocycles. The molecule has 9 heteroatoms. The van der Waals surface area contributed by atoms with Crippen LogP contribution in [0, 0.1) is 19.7 Å². The fraction of sp³-hybridized carbons (Fsp3) is 0.200. The second kappa shape index (κ2) is 8.93. The predicted octanol–water partition coefficient (Wildman–Crippen LogP) is 5.23. The minimum absolute atomic E-state index is 0.0549. The largest absolute Gasteiger partial charge is 0.383 e. The molecule has 2 aromatic heterocycles. The van der Waals surface area contributed by atoms with Crippen molar-refractivity contribution in [1.82, 2.24) is 14.5 Å². The molecule has 4 aromatic rings. The smallest absolute Gasteiger partial charge is 0.323 e. The SMILES string of the molecule is Cc1ccc(F)c(NC(=O)Nc2cc(C(=O)c3cn(C(C)C)c4ncnc(N)c34)ccc2C)c1. The quantitative estimate of drug-likeness (QED) is 0.353. The fourth-order valence-corrected chi connectivity index (χ4v) is 3.74. The highest BCUT2D eigenvalue weighted by atomic mass is 19.1. The topological polar surface area (TPSA) is 115 Å². The summed E-state index contributed by atoms with van der Waals surface area (Å²) in [5, 5.41) is 5.70. The zero-order chi connectivity index (χ0) is 24.6. The van der Waals surface area contributed by atoms with Gasteiger partial charge in [-0.3, -0.25) is 4.79 Å². The van der Waals surface area contributed by atoms with E-state index in [0.717, 1.165) is 11.1 Å². The molecule has 0 aliphatic rings. The van der Waals surface area contributed by atoms with Gasteiger partial charge >= 0.3 is 6.03 Å². The first kappa shape index (κ1) is 22.9. The van der Waals surface area contributed by atoms with Crippen LogP contribution in [0.3, 0.4) is 0 Å². The third kappa shape index (κ3) is 4.32. The Morgan fingerprint density at radius 2 is 1.76 bits per heavy atom. The van der Waals surface area contributed by atoms with E-state index in [0.29, 0.717) is 27.8 Å². The van der Waals surface area contributed by atoms with Crippen LogP contribution in [0.2, 0.25) is 0 Å². The van der Waals surface area contributed by atoms with Crippen LogP contribution < -0.4 is 16.4 Å². The van der Waals surface area contributed by atoms with Gasteiger partial charge in [-0.15, -0.1) is 0 Å². The van der Waals surface area contributed by atoms with Crippen LogP contribution in [0.4, 0.5) is 26.4 Å². The van der Waals surface area contributed by atoms with E-state index in [1.807, 2.05) is 18.4 Å². The van der Waals surface area contributed by atoms with Crippen LogP contribution in [-0.2, 0) is 0 Å². The van der Waals surface area contributed by atoms with E-state index in [-0.39, 0.29) is 23.3 Å². The van der Waals surface area contributed by atoms with Gasteiger partial charge in [-0.25, -0.2) is 19.2 Å². The number of carbonyl (C=O) groups excluding carboxylic acids is 2. The molecule has 0 aliphatic carbocycles. The highest BCUT2D eigenvalue weighted by Crippen LogP contribution is 2.29. The number of anilines is 3. The third-order valence-electron chi connectivity index (χ3n) is 5.56. The van der Waals surface area contributed by atoms with E-state index in [1.165, 1.54) is 12.4 Å². The molecule has 0 atom stereocenters. The van der Waals surface area contributed by atoms with Gasteiger partial charge in [0.05, 0.1) is 16.6 Å². The van der Waals surface area contributed by atoms with Crippen molar-refractivity contribution in [2.45, 2.75) is 33.7 Å². The number of hydrogen-bond acceptors (Lipinski definition) is 5. The molecule has 0 saturated heterocycles. The van der Waals surface area contributed by atoms with Gasteiger partial charge in [-0.05, 0) is 57.0 Å². The molecule has 0 spiro atoms. The molecule has 0 unspecified atom stereocenters. The molecule has 4 N–H and O–H groups in total. The van der Waals surface area contributed by atoms with Gasteiger partial charge in [-0.2, -0.15) is 0 Å². The number of urea groups is 1. The van der Waals surface area contributed by atoms with Gasteiger partial charge in [0.1, 0.15) is 23.6 Å². The molecule has 2 aromatic carbocycles. The first-order valence-corrected chi connectivity index (χ1v) is 10.8. The number of carbonyl (C=O) groups is 2. The lowest BCUT2D eigenvalue weighted by atomic mass is 10.0. The number of fused-ring (bicyclic) bond motifs is 1. The van der Waals surface area contributed by atoms with Crippen LogP contribution in [0.5, 0.6) is 0 Å². The van der Waals surface area contributed by atoms with Gasteiger partial charge in [0, 0.05) is 23.5 Å². The van der Waals surface area contributed by atoms with E-state index in [2.05, 4.69) is 20.6 Å². The van der Waals surface area contributed by atoms with Crippen molar-refractivity contribution in [3.05, 3.63) is 77.0 Å². The van der Waals surface area contributed by atoms with E-state index in [9.17, 15) is 14.0 Å². The summed E-state index contributed by atoms with van der Waals surface area (Å²) in [5.74, 6) is -0.598. The third-order valence-corrected chi connectivity index (χ3v) is 5.56. The minimum atomic E-state index is -0.619. The number of aryl methyl sites for hydroxylation is 2. The number of nitrogens with two attached hydrogens (primary N) is 1. The number of benzene rings is 2. The summed E-state index contributed by atoms with van der Waals surface area (Å²) in [6.45, 7) is 7.56. The number of nitrogens with zero attached hydrogens (tertiary/aromatic N) is 3. The summed E-state index contributed by atoms with van der Waals surface area (Å²) >= 11 is 0. The van der Waals surface area contributed by atoms with Crippen LogP contribution >= 0.6 is 0 Å². The Morgan fingerprint density at radius 1 is 1.03 bits per heavy atom. The Balaban J connectivity index is 1.65. The van der Waals surface area contributed by atoms with E-state index in [4.69, 9.17) is 5.73 Å². The number of amides is 2. The van der Waals surface area contributed by atoms with Gasteiger partial charge in [-0.1, -0.05) is 18.2 Å². The average molecular weight is 461 g/mol. The first-order valence-electron chi connectivity index (χ1n) is 10.8. The number of rotatable bonds is 5. The van der Waals surface area contributed by atoms with Crippen molar-refractivity contribution in [2.24, 2.45) is 0 Å². The Bertz CT molecular complexity index is 1430. The van der Waals surface area contributed by atoms with Crippen LogP contribution in [0.1, 0.15) is 46.9 Å². The van der Waals surface area contributed by atoms with Crippen LogP contribution in [-0.4, -0.2) is 26.3 Å². The number of nitrogens with one attached hydrogen (secondary N) is 2. The van der Waals surface area contributed by atoms with Crippen LogP contribution in [0.15, 0.2) is 48.9 Å². The van der Waals surface area contributed by atoms with E-state index < -0.39 is 11.8 Å². The van der Waals surface area contributed by atoms with Gasteiger partial charge in [0.15, 0.2) is 5.78 Å². The number of ketones is 1. The predicted molar refractivity (Wildman–Crippen MR) is 131 cm³/mol. The maximum atomic E-state index is 14.0. The summed E-state index contributed by atoms with van der Waals surface area (Å²) < 4.78 is 15.9. The Hall–Kier alpha value is -4.27. The molecule has 4 rings (SSSR count). The summed E-state index contributed by atoms with van der Waals surface area (Å²) in [6, 6.07) is 8.88. The molecule has 0 radical (unpaired) electrons. The van der Waals surface area contributed by atoms with Crippen molar-refractivity contribution in [2.75, 3.05) is 16.4 Å². The van der Waals surface area contributed by atoms with E-state index >= 15 is 0 Å². The van der Waals surface area contributed by atoms with E-state index in [1.54, 1.807) is 50.4 Å². The maximum Gasteiger partial charge on any atom is 0.323 e. The molecule has 0 saturated carbocycles. The van der Waals surface area contributed by atoms with Gasteiger partial charge < -0.3 is 20.9 Å². The fourth-order valence-electron chi connectivity index (χ4n) is 3.74. The summed E-state index contributed by atoms with van der Waals surface area (Å²) in [7, 11) is 0. The van der Waals surface area contributed by atoms with Crippen molar-refractivity contribution in [1.29, 1.82) is 0 Å². The number of aromatic nitrogens is 3. The molecule has 2 amide bonds. The van der Waals surface area contributed by atoms with Crippen molar-refractivity contribution in [3.63, 3.8) is 0 Å². The second-order valence-electron chi connectivity index (χ2n) is 8.42. The normalized spacial score (nSPS) is 11.1. The Labute approximate surface area is 196 Å². The number of hydrogen-bond donors (Lipinski definition) is 3. The molecule has 0 aliphatic heterocycles. The lowest BCUT2D eigenvalue weighted by molar-refractivity contribution is 0.104. The Kier molecular flexibility index (Phi) is 6.02. The molecular weight excluding hydrogens is 435 g/mol. The lowest BCUT2D eigenvalue weighted by Gasteiger charge is -2.12. The summed E-state index contributed by atoms with van der Waals surface area (Å²) in [6.07, 6.45) is 3.09. The molecule has 174 valence electrons. The zero-order valence-electron chi connectivity index (χ0n) is 19.3. The standard InChI is InChI=1S/C25H25FN6O2/c1-13(2)32-11-17(21-23(27)28-12-29-24(21)32)22(33)16-7-6-15(4)19(10-16)30-25(34)31-20-9-14(3)5-8-18(20)26/h5-13H,1-4H3,(H2,27,28,29)(H2,30,31,34). The molecular formula is C25H25FN6O2. The molecule has 0 bridgehead atoms. The molecule has 34 heavy (non-hydrogen) atoms. The van der Waals surface area contributed by atoms with Crippen LogP contribution in [0.25, 0.3) is 11.0 Å². The van der Waals surface area contributed by atoms with Crippen molar-refractivity contribution in [3.8, 4) is 0 Å². The molecule has 8 nitrogen and oxygen atoms in total. The molecule has 0 fully saturated rings. The lowest BCUT2D eigenvalue weighted by Crippen LogP contribution is -2.21. The highest BCUT2D eigenvalue weighted by molar-refractivity contribution is 6.18. The highest BCUT2D eigenvalue weighted by Gasteiger charge is 2.22. The summed E-state index contributed by atoms with van der Waals surface area (Å²) in [4.78, 5) is 34.4. The van der Waals surface area contributed by atoms with Gasteiger partial charge in [0.25, 0.3) is 0 Å². The van der Waals surface area contributed by atoms with Crippen molar-refractivity contribution < 1.29 is 14.0 Å². The first-order chi connectivity index (χ1) is 16.2. The van der Waals surface area contributed by atoms with Gasteiger partial charge in [0.2, 0.25) is 0 Å². The monoisotopic (exact) mass is 460 g/mol. The van der Waals surface area contributed by atoms with Crippen molar-refractivity contribution >= 4 is 40.0 Å². The number of halogens is 1. The maximum absolute atomic E-state index is 14.0. The second-order valence-corrected chi connectivity index (χ2v) is 8.42. The number of nitrogen functional groups attached to an aromatic ring is 1. The Morgan fingerprint density at radius 3 is 2.50 bits per heavy atom. The minimum Gasteiger partial charge on any atom is -0.383 e. The summed E-state index contributed by atoms with van der Waals surface area (Å²) in [5.41, 5.74) is 9.44. The zero-order valence-corrected chi connectivity index (χ0v) is 19.3. The average Bonchev–Trinajstić information content (AvgIpc) is 3.18.